The zero-order valence-corrected chi connectivity index (χ0v) is 13.9. The lowest BCUT2D eigenvalue weighted by Crippen LogP contribution is -2.11. The molecule has 4 nitrogen and oxygen atoms in total. The second-order valence-electron chi connectivity index (χ2n) is 5.93. The highest BCUT2D eigenvalue weighted by Crippen LogP contribution is 2.26. The Kier molecular flexibility index (Phi) is 3.94. The van der Waals surface area contributed by atoms with Crippen LogP contribution in [0.2, 0.25) is 0 Å². The number of hydrogen-bond acceptors (Lipinski definition) is 4. The highest BCUT2D eigenvalue weighted by molar-refractivity contribution is 5.90. The van der Waals surface area contributed by atoms with Gasteiger partial charge in [-0.3, -0.25) is 9.78 Å². The van der Waals surface area contributed by atoms with Crippen LogP contribution in [0.3, 0.4) is 0 Å². The Morgan fingerprint density at radius 3 is 2.92 bits per heavy atom. The third-order valence-corrected chi connectivity index (χ3v) is 4.28. The van der Waals surface area contributed by atoms with E-state index in [1.165, 1.54) is 5.56 Å². The number of esters is 1. The van der Waals surface area contributed by atoms with Crippen molar-refractivity contribution in [2.75, 3.05) is 0 Å². The molecular formula is C21H17NO3. The van der Waals surface area contributed by atoms with E-state index in [1.807, 2.05) is 36.4 Å². The fourth-order valence-corrected chi connectivity index (χ4v) is 2.96. The summed E-state index contributed by atoms with van der Waals surface area (Å²) in [6, 6.07) is 15.4. The number of rotatable bonds is 4. The minimum absolute atomic E-state index is 0.156. The second kappa shape index (κ2) is 6.40. The SMILES string of the molecule is CCc1ccc2occ(CC(=O)Oc3cccc4cccnc34)c2c1. The van der Waals surface area contributed by atoms with Crippen molar-refractivity contribution in [1.29, 1.82) is 0 Å². The van der Waals surface area contributed by atoms with Crippen LogP contribution in [0.5, 0.6) is 5.75 Å². The first-order valence-corrected chi connectivity index (χ1v) is 8.28. The van der Waals surface area contributed by atoms with Crippen molar-refractivity contribution in [3.05, 3.63) is 72.1 Å². The molecule has 4 rings (SSSR count). The molecule has 4 aromatic rings. The molecule has 4 heteroatoms. The molecule has 0 aliphatic heterocycles. The van der Waals surface area contributed by atoms with Gasteiger partial charge in [0.15, 0.2) is 5.75 Å². The Labute approximate surface area is 145 Å². The molecule has 0 atom stereocenters. The van der Waals surface area contributed by atoms with Gasteiger partial charge in [0.1, 0.15) is 11.1 Å². The zero-order valence-electron chi connectivity index (χ0n) is 13.9. The van der Waals surface area contributed by atoms with E-state index in [1.54, 1.807) is 18.5 Å². The molecule has 0 N–H and O–H groups in total. The van der Waals surface area contributed by atoms with E-state index in [4.69, 9.17) is 9.15 Å². The summed E-state index contributed by atoms with van der Waals surface area (Å²) in [4.78, 5) is 16.7. The van der Waals surface area contributed by atoms with Crippen LogP contribution in [0.1, 0.15) is 18.1 Å². The fourth-order valence-electron chi connectivity index (χ4n) is 2.96. The molecule has 2 aromatic carbocycles. The van der Waals surface area contributed by atoms with Crippen molar-refractivity contribution in [2.45, 2.75) is 19.8 Å². The third-order valence-electron chi connectivity index (χ3n) is 4.28. The summed E-state index contributed by atoms with van der Waals surface area (Å²) in [5.41, 5.74) is 3.51. The predicted molar refractivity (Wildman–Crippen MR) is 96.7 cm³/mol. The number of carbonyl (C=O) groups excluding carboxylic acids is 1. The summed E-state index contributed by atoms with van der Waals surface area (Å²) in [5, 5.41) is 1.90. The number of hydrogen-bond donors (Lipinski definition) is 0. The van der Waals surface area contributed by atoms with E-state index >= 15 is 0 Å². The summed E-state index contributed by atoms with van der Waals surface area (Å²) >= 11 is 0. The second-order valence-corrected chi connectivity index (χ2v) is 5.93. The lowest BCUT2D eigenvalue weighted by molar-refractivity contribution is -0.133. The molecule has 0 radical (unpaired) electrons. The Hall–Kier alpha value is -3.14. The Morgan fingerprint density at radius 2 is 2.04 bits per heavy atom. The maximum atomic E-state index is 12.4. The Morgan fingerprint density at radius 1 is 1.16 bits per heavy atom. The molecule has 25 heavy (non-hydrogen) atoms. The van der Waals surface area contributed by atoms with Crippen LogP contribution in [-0.2, 0) is 17.6 Å². The van der Waals surface area contributed by atoms with Crippen molar-refractivity contribution < 1.29 is 13.9 Å². The average Bonchev–Trinajstić information content (AvgIpc) is 3.04. The van der Waals surface area contributed by atoms with Gasteiger partial charge in [0.25, 0.3) is 0 Å². The summed E-state index contributed by atoms with van der Waals surface area (Å²) in [6.07, 6.45) is 4.41. The lowest BCUT2D eigenvalue weighted by Gasteiger charge is -2.06. The molecule has 0 aliphatic rings. The van der Waals surface area contributed by atoms with E-state index in [-0.39, 0.29) is 12.4 Å². The Balaban J connectivity index is 1.60. The van der Waals surface area contributed by atoms with Crippen LogP contribution in [0.4, 0.5) is 0 Å². The standard InChI is InChI=1S/C21H17NO3/c1-2-14-8-9-18-17(11-14)16(13-24-18)12-20(23)25-19-7-3-5-15-6-4-10-22-21(15)19/h3-11,13H,2,12H2,1H3. The number of furan rings is 1. The van der Waals surface area contributed by atoms with Gasteiger partial charge in [0, 0.05) is 22.5 Å². The van der Waals surface area contributed by atoms with Crippen molar-refractivity contribution in [2.24, 2.45) is 0 Å². The zero-order chi connectivity index (χ0) is 17.2. The van der Waals surface area contributed by atoms with E-state index < -0.39 is 0 Å². The van der Waals surface area contributed by atoms with E-state index in [0.717, 1.165) is 28.3 Å². The first-order chi connectivity index (χ1) is 12.2. The number of pyridine rings is 1. The van der Waals surface area contributed by atoms with Crippen molar-refractivity contribution in [3.8, 4) is 5.75 Å². The first kappa shape index (κ1) is 15.4. The quantitative estimate of drug-likeness (QED) is 0.402. The minimum atomic E-state index is -0.331. The number of benzene rings is 2. The first-order valence-electron chi connectivity index (χ1n) is 8.28. The van der Waals surface area contributed by atoms with Gasteiger partial charge in [-0.15, -0.1) is 0 Å². The monoisotopic (exact) mass is 331 g/mol. The maximum Gasteiger partial charge on any atom is 0.315 e. The van der Waals surface area contributed by atoms with Gasteiger partial charge < -0.3 is 9.15 Å². The van der Waals surface area contributed by atoms with Gasteiger partial charge in [0.05, 0.1) is 12.7 Å². The number of aromatic nitrogens is 1. The largest absolute Gasteiger partial charge is 0.464 e. The highest BCUT2D eigenvalue weighted by atomic mass is 16.5. The van der Waals surface area contributed by atoms with Gasteiger partial charge in [0.2, 0.25) is 0 Å². The van der Waals surface area contributed by atoms with Crippen LogP contribution < -0.4 is 4.74 Å². The summed E-state index contributed by atoms with van der Waals surface area (Å²) in [5.74, 6) is 0.146. The van der Waals surface area contributed by atoms with E-state index in [2.05, 4.69) is 18.0 Å². The van der Waals surface area contributed by atoms with E-state index in [0.29, 0.717) is 11.3 Å². The van der Waals surface area contributed by atoms with Crippen LogP contribution in [0, 0.1) is 0 Å². The van der Waals surface area contributed by atoms with Gasteiger partial charge >= 0.3 is 5.97 Å². The van der Waals surface area contributed by atoms with Crippen LogP contribution in [0.25, 0.3) is 21.9 Å². The molecular weight excluding hydrogens is 314 g/mol. The van der Waals surface area contributed by atoms with Crippen molar-refractivity contribution in [3.63, 3.8) is 0 Å². The number of nitrogens with zero attached hydrogens (tertiary/aromatic N) is 1. The number of ether oxygens (including phenoxy) is 1. The molecule has 2 aromatic heterocycles. The molecule has 124 valence electrons. The fraction of sp³-hybridized carbons (Fsp3) is 0.143. The molecule has 2 heterocycles. The summed E-state index contributed by atoms with van der Waals surface area (Å²) in [7, 11) is 0. The van der Waals surface area contributed by atoms with Gasteiger partial charge in [-0.25, -0.2) is 0 Å². The normalized spacial score (nSPS) is 11.1. The number of aryl methyl sites for hydroxylation is 1. The lowest BCUT2D eigenvalue weighted by atomic mass is 10.1. The third kappa shape index (κ3) is 2.98. The highest BCUT2D eigenvalue weighted by Gasteiger charge is 2.14. The molecule has 0 fully saturated rings. The topological polar surface area (TPSA) is 52.3 Å². The molecule has 0 bridgehead atoms. The summed E-state index contributed by atoms with van der Waals surface area (Å²) < 4.78 is 11.1. The average molecular weight is 331 g/mol. The Bertz CT molecular complexity index is 1060. The molecule has 0 saturated carbocycles. The van der Waals surface area contributed by atoms with Crippen molar-refractivity contribution >= 4 is 27.8 Å². The van der Waals surface area contributed by atoms with Crippen LogP contribution >= 0.6 is 0 Å². The molecule has 0 amide bonds. The maximum absolute atomic E-state index is 12.4. The predicted octanol–water partition coefficient (Wildman–Crippen LogP) is 4.69. The minimum Gasteiger partial charge on any atom is -0.464 e. The van der Waals surface area contributed by atoms with Gasteiger partial charge in [-0.2, -0.15) is 0 Å². The van der Waals surface area contributed by atoms with Crippen LogP contribution in [-0.4, -0.2) is 11.0 Å². The molecule has 0 unspecified atom stereocenters. The van der Waals surface area contributed by atoms with Gasteiger partial charge in [-0.1, -0.05) is 31.2 Å². The molecule has 0 spiro atoms. The van der Waals surface area contributed by atoms with Crippen molar-refractivity contribution in [1.82, 2.24) is 4.98 Å². The smallest absolute Gasteiger partial charge is 0.315 e. The molecule has 0 saturated heterocycles. The van der Waals surface area contributed by atoms with Gasteiger partial charge in [-0.05, 0) is 36.2 Å². The number of para-hydroxylation sites is 1. The molecule has 0 aliphatic carbocycles. The number of fused-ring (bicyclic) bond motifs is 2. The number of carbonyl (C=O) groups is 1. The van der Waals surface area contributed by atoms with Crippen LogP contribution in [0.15, 0.2) is 65.4 Å². The summed E-state index contributed by atoms with van der Waals surface area (Å²) in [6.45, 7) is 2.10. The van der Waals surface area contributed by atoms with E-state index in [9.17, 15) is 4.79 Å².